The van der Waals surface area contributed by atoms with Crippen molar-refractivity contribution < 1.29 is 4.79 Å². The summed E-state index contributed by atoms with van der Waals surface area (Å²) in [5.74, 6) is 0.146. The molecular formula is C24H24N2OS. The molecule has 1 atom stereocenters. The van der Waals surface area contributed by atoms with Crippen molar-refractivity contribution in [2.75, 3.05) is 6.54 Å². The zero-order chi connectivity index (χ0) is 19.7. The number of fused-ring (bicyclic) bond motifs is 1. The summed E-state index contributed by atoms with van der Waals surface area (Å²) in [6, 6.07) is 13.0. The lowest BCUT2D eigenvalue weighted by atomic mass is 9.84. The molecule has 0 spiro atoms. The van der Waals surface area contributed by atoms with E-state index in [1.165, 1.54) is 38.1 Å². The van der Waals surface area contributed by atoms with Crippen molar-refractivity contribution in [1.82, 2.24) is 9.88 Å². The number of rotatable bonds is 4. The topological polar surface area (TPSA) is 33.2 Å². The van der Waals surface area contributed by atoms with Crippen molar-refractivity contribution >= 4 is 17.2 Å². The van der Waals surface area contributed by atoms with Crippen molar-refractivity contribution in [3.63, 3.8) is 0 Å². The van der Waals surface area contributed by atoms with Crippen molar-refractivity contribution in [3.05, 3.63) is 87.9 Å². The van der Waals surface area contributed by atoms with E-state index in [4.69, 9.17) is 0 Å². The molecule has 2 aromatic heterocycles. The van der Waals surface area contributed by atoms with Gasteiger partial charge in [-0.15, -0.1) is 11.3 Å². The number of pyridine rings is 1. The number of hydrogen-bond acceptors (Lipinski definition) is 3. The van der Waals surface area contributed by atoms with E-state index in [9.17, 15) is 4.79 Å². The number of carbonyl (C=O) groups excluding carboxylic acids is 1. The van der Waals surface area contributed by atoms with Crippen molar-refractivity contribution in [1.29, 1.82) is 0 Å². The van der Waals surface area contributed by atoms with E-state index in [2.05, 4.69) is 61.8 Å². The summed E-state index contributed by atoms with van der Waals surface area (Å²) in [5.41, 5.74) is 6.15. The van der Waals surface area contributed by atoms with Gasteiger partial charge in [0, 0.05) is 40.2 Å². The van der Waals surface area contributed by atoms with Crippen LogP contribution in [0.4, 0.5) is 0 Å². The number of aryl methyl sites for hydroxylation is 2. The largest absolute Gasteiger partial charge is 0.333 e. The Bertz CT molecular complexity index is 1040. The summed E-state index contributed by atoms with van der Waals surface area (Å²) in [6.45, 7) is 9.31. The van der Waals surface area contributed by atoms with Crippen LogP contribution in [0.15, 0.2) is 61.4 Å². The Morgan fingerprint density at radius 1 is 1.29 bits per heavy atom. The Balaban J connectivity index is 1.84. The highest BCUT2D eigenvalue weighted by Crippen LogP contribution is 2.41. The minimum atomic E-state index is -0.00571. The Morgan fingerprint density at radius 3 is 2.89 bits per heavy atom. The van der Waals surface area contributed by atoms with Gasteiger partial charge in [0.2, 0.25) is 5.91 Å². The first kappa shape index (κ1) is 18.6. The lowest BCUT2D eigenvalue weighted by Gasteiger charge is -2.33. The SMILES string of the molecule is C=CC(=O)N1Cc2sc(C)cc2C(c2ccccc2-c2cncc(CC)c2)C1. The van der Waals surface area contributed by atoms with Crippen LogP contribution in [0.3, 0.4) is 0 Å². The van der Waals surface area contributed by atoms with Gasteiger partial charge in [-0.25, -0.2) is 0 Å². The molecule has 0 N–H and O–H groups in total. The molecule has 1 amide bonds. The second kappa shape index (κ2) is 7.72. The number of nitrogens with zero attached hydrogens (tertiary/aromatic N) is 2. The smallest absolute Gasteiger partial charge is 0.246 e. The summed E-state index contributed by atoms with van der Waals surface area (Å²) in [6.07, 6.45) is 6.25. The number of aromatic nitrogens is 1. The zero-order valence-corrected chi connectivity index (χ0v) is 17.1. The average Bonchev–Trinajstić information content (AvgIpc) is 3.12. The molecular weight excluding hydrogens is 364 g/mol. The molecule has 1 aliphatic heterocycles. The zero-order valence-electron chi connectivity index (χ0n) is 16.3. The van der Waals surface area contributed by atoms with E-state index in [1.807, 2.05) is 17.3 Å². The van der Waals surface area contributed by atoms with Gasteiger partial charge in [-0.2, -0.15) is 0 Å². The molecule has 3 nitrogen and oxygen atoms in total. The van der Waals surface area contributed by atoms with Crippen molar-refractivity contribution in [3.8, 4) is 11.1 Å². The molecule has 4 rings (SSSR count). The molecule has 1 aromatic carbocycles. The fourth-order valence-corrected chi connectivity index (χ4v) is 5.13. The van der Waals surface area contributed by atoms with Crippen LogP contribution in [0.25, 0.3) is 11.1 Å². The monoisotopic (exact) mass is 388 g/mol. The first-order valence-electron chi connectivity index (χ1n) is 9.64. The molecule has 0 aliphatic carbocycles. The maximum Gasteiger partial charge on any atom is 0.246 e. The highest BCUT2D eigenvalue weighted by atomic mass is 32.1. The van der Waals surface area contributed by atoms with Gasteiger partial charge in [0.1, 0.15) is 0 Å². The molecule has 1 unspecified atom stereocenters. The minimum absolute atomic E-state index is 0.00571. The van der Waals surface area contributed by atoms with E-state index in [-0.39, 0.29) is 11.8 Å². The summed E-state index contributed by atoms with van der Waals surface area (Å²) in [7, 11) is 0. The van der Waals surface area contributed by atoms with Crippen LogP contribution < -0.4 is 0 Å². The van der Waals surface area contributed by atoms with E-state index in [0.717, 1.165) is 12.0 Å². The molecule has 0 fully saturated rings. The Morgan fingerprint density at radius 2 is 2.11 bits per heavy atom. The maximum absolute atomic E-state index is 12.4. The van der Waals surface area contributed by atoms with Crippen LogP contribution in [0, 0.1) is 6.92 Å². The molecule has 4 heteroatoms. The first-order chi connectivity index (χ1) is 13.6. The molecule has 1 aliphatic rings. The van der Waals surface area contributed by atoms with Crippen molar-refractivity contribution in [2.45, 2.75) is 32.7 Å². The highest BCUT2D eigenvalue weighted by Gasteiger charge is 2.31. The minimum Gasteiger partial charge on any atom is -0.333 e. The Labute approximate surface area is 170 Å². The second-order valence-electron chi connectivity index (χ2n) is 7.23. The molecule has 0 bridgehead atoms. The van der Waals surface area contributed by atoms with E-state index in [0.29, 0.717) is 13.1 Å². The normalized spacial score (nSPS) is 15.9. The predicted octanol–water partition coefficient (Wildman–Crippen LogP) is 5.34. The van der Waals surface area contributed by atoms with E-state index in [1.54, 1.807) is 11.3 Å². The highest BCUT2D eigenvalue weighted by molar-refractivity contribution is 7.12. The van der Waals surface area contributed by atoms with Crippen LogP contribution in [-0.4, -0.2) is 22.3 Å². The lowest BCUT2D eigenvalue weighted by molar-refractivity contribution is -0.127. The van der Waals surface area contributed by atoms with Gasteiger partial charge in [-0.05, 0) is 53.8 Å². The number of carbonyl (C=O) groups is 1. The van der Waals surface area contributed by atoms with Gasteiger partial charge in [0.05, 0.1) is 6.54 Å². The summed E-state index contributed by atoms with van der Waals surface area (Å²) < 4.78 is 0. The Kier molecular flexibility index (Phi) is 5.14. The van der Waals surface area contributed by atoms with Gasteiger partial charge in [0.25, 0.3) is 0 Å². The van der Waals surface area contributed by atoms with Crippen LogP contribution in [0.1, 0.15) is 39.3 Å². The summed E-state index contributed by atoms with van der Waals surface area (Å²) in [4.78, 5) is 21.3. The van der Waals surface area contributed by atoms with Gasteiger partial charge in [0.15, 0.2) is 0 Å². The summed E-state index contributed by atoms with van der Waals surface area (Å²) >= 11 is 1.79. The van der Waals surface area contributed by atoms with Crippen LogP contribution >= 0.6 is 11.3 Å². The van der Waals surface area contributed by atoms with Crippen LogP contribution in [-0.2, 0) is 17.8 Å². The van der Waals surface area contributed by atoms with E-state index >= 15 is 0 Å². The maximum atomic E-state index is 12.4. The first-order valence-corrected chi connectivity index (χ1v) is 10.5. The van der Waals surface area contributed by atoms with E-state index < -0.39 is 0 Å². The number of hydrogen-bond donors (Lipinski definition) is 0. The van der Waals surface area contributed by atoms with Crippen LogP contribution in [0.2, 0.25) is 0 Å². The molecule has 3 heterocycles. The number of benzene rings is 1. The summed E-state index contributed by atoms with van der Waals surface area (Å²) in [5, 5.41) is 0. The molecule has 3 aromatic rings. The third kappa shape index (κ3) is 3.40. The predicted molar refractivity (Wildman–Crippen MR) is 116 cm³/mol. The van der Waals surface area contributed by atoms with Gasteiger partial charge >= 0.3 is 0 Å². The Hall–Kier alpha value is -2.72. The molecule has 142 valence electrons. The van der Waals surface area contributed by atoms with Gasteiger partial charge in [-0.3, -0.25) is 9.78 Å². The third-order valence-electron chi connectivity index (χ3n) is 5.41. The molecule has 0 saturated heterocycles. The van der Waals surface area contributed by atoms with Gasteiger partial charge < -0.3 is 4.90 Å². The van der Waals surface area contributed by atoms with Crippen molar-refractivity contribution in [2.24, 2.45) is 0 Å². The molecule has 0 saturated carbocycles. The fourth-order valence-electron chi connectivity index (χ4n) is 4.01. The fraction of sp³-hybridized carbons (Fsp3) is 0.250. The van der Waals surface area contributed by atoms with Gasteiger partial charge in [-0.1, -0.05) is 37.8 Å². The molecule has 28 heavy (non-hydrogen) atoms. The van der Waals surface area contributed by atoms with Crippen LogP contribution in [0.5, 0.6) is 0 Å². The standard InChI is InChI=1S/C24H24N2OS/c1-4-17-11-18(13-25-12-17)19-8-6-7-9-20(19)22-14-26(24(27)5-2)15-23-21(22)10-16(3)28-23/h5-13,22H,2,4,14-15H2,1,3H3. The average molecular weight is 389 g/mol. The second-order valence-corrected chi connectivity index (χ2v) is 8.57. The lowest BCUT2D eigenvalue weighted by Crippen LogP contribution is -2.37. The number of thiophene rings is 1. The number of amides is 1. The quantitative estimate of drug-likeness (QED) is 0.565. The molecule has 0 radical (unpaired) electrons. The third-order valence-corrected chi connectivity index (χ3v) is 6.47.